The Hall–Kier alpha value is -3.40. The first-order valence-corrected chi connectivity index (χ1v) is 11.1. The lowest BCUT2D eigenvalue weighted by molar-refractivity contribution is -0.119. The van der Waals surface area contributed by atoms with E-state index in [0.29, 0.717) is 16.3 Å². The maximum atomic E-state index is 12.4. The average Bonchev–Trinajstić information content (AvgIpc) is 3.33. The van der Waals surface area contributed by atoms with Crippen LogP contribution in [0.15, 0.2) is 24.3 Å². The van der Waals surface area contributed by atoms with Gasteiger partial charge in [-0.25, -0.2) is 14.4 Å². The van der Waals surface area contributed by atoms with E-state index in [0.717, 1.165) is 29.7 Å². The van der Waals surface area contributed by atoms with E-state index in [1.807, 2.05) is 0 Å². The molecule has 1 heterocycles. The number of carbonyl (C=O) groups excluding carboxylic acids is 4. The van der Waals surface area contributed by atoms with E-state index < -0.39 is 30.5 Å². The number of anilines is 2. The van der Waals surface area contributed by atoms with Gasteiger partial charge in [-0.15, -0.1) is 11.3 Å². The fraction of sp³-hybridized carbons (Fsp3) is 0.364. The van der Waals surface area contributed by atoms with Gasteiger partial charge in [-0.2, -0.15) is 0 Å². The molecular weight excluding hydrogens is 436 g/mol. The van der Waals surface area contributed by atoms with Crippen LogP contribution in [0.5, 0.6) is 0 Å². The molecule has 1 aliphatic rings. The Morgan fingerprint density at radius 3 is 2.50 bits per heavy atom. The van der Waals surface area contributed by atoms with Gasteiger partial charge in [0.25, 0.3) is 5.91 Å². The highest BCUT2D eigenvalue weighted by Crippen LogP contribution is 2.39. The highest BCUT2D eigenvalue weighted by atomic mass is 32.1. The summed E-state index contributed by atoms with van der Waals surface area (Å²) < 4.78 is 15.0. The van der Waals surface area contributed by atoms with Crippen molar-refractivity contribution in [1.29, 1.82) is 0 Å². The van der Waals surface area contributed by atoms with E-state index in [2.05, 4.69) is 10.6 Å². The third-order valence-electron chi connectivity index (χ3n) is 4.61. The number of esters is 2. The van der Waals surface area contributed by atoms with Crippen LogP contribution >= 0.6 is 11.3 Å². The monoisotopic (exact) mass is 460 g/mol. The summed E-state index contributed by atoms with van der Waals surface area (Å²) in [5.74, 6) is -1.76. The largest absolute Gasteiger partial charge is 0.462 e. The quantitative estimate of drug-likeness (QED) is 0.454. The number of thiophene rings is 1. The van der Waals surface area contributed by atoms with Crippen molar-refractivity contribution in [2.75, 3.05) is 30.5 Å². The van der Waals surface area contributed by atoms with E-state index in [4.69, 9.17) is 14.2 Å². The third-order valence-corrected chi connectivity index (χ3v) is 5.82. The normalized spacial score (nSPS) is 11.9. The first kappa shape index (κ1) is 23.3. The van der Waals surface area contributed by atoms with Crippen LogP contribution in [0.1, 0.15) is 51.4 Å². The lowest BCUT2D eigenvalue weighted by Gasteiger charge is -2.09. The lowest BCUT2D eigenvalue weighted by atomic mass is 10.1. The van der Waals surface area contributed by atoms with E-state index in [1.165, 1.54) is 23.5 Å². The molecule has 0 saturated heterocycles. The molecule has 0 bridgehead atoms. The standard InChI is InChI=1S/C22H24N2O7S/c1-3-29-21(27)18-15-9-6-10-16(15)32-19(18)24-17(25)12-31-20(26)13-7-5-8-14(11-13)23-22(28)30-4-2/h5,7-8,11H,3-4,6,9-10,12H2,1-2H3,(H,23,28)(H,24,25). The predicted molar refractivity (Wildman–Crippen MR) is 118 cm³/mol. The Labute approximate surface area is 189 Å². The molecule has 10 heteroatoms. The molecule has 2 amide bonds. The summed E-state index contributed by atoms with van der Waals surface area (Å²) in [7, 11) is 0. The van der Waals surface area contributed by atoms with Crippen LogP contribution in [-0.2, 0) is 31.8 Å². The van der Waals surface area contributed by atoms with Crippen molar-refractivity contribution in [3.8, 4) is 0 Å². The average molecular weight is 461 g/mol. The van der Waals surface area contributed by atoms with Crippen molar-refractivity contribution in [2.45, 2.75) is 33.1 Å². The number of rotatable bonds is 8. The van der Waals surface area contributed by atoms with Crippen molar-refractivity contribution in [3.63, 3.8) is 0 Å². The molecule has 0 saturated carbocycles. The van der Waals surface area contributed by atoms with E-state index in [9.17, 15) is 19.2 Å². The molecule has 2 aromatic rings. The fourth-order valence-corrected chi connectivity index (χ4v) is 4.59. The summed E-state index contributed by atoms with van der Waals surface area (Å²) in [4.78, 5) is 49.7. The summed E-state index contributed by atoms with van der Waals surface area (Å²) in [5, 5.41) is 5.57. The summed E-state index contributed by atoms with van der Waals surface area (Å²) >= 11 is 1.35. The van der Waals surface area contributed by atoms with Crippen LogP contribution in [0.25, 0.3) is 0 Å². The smallest absolute Gasteiger partial charge is 0.411 e. The highest BCUT2D eigenvalue weighted by molar-refractivity contribution is 7.17. The number of nitrogens with one attached hydrogen (secondary N) is 2. The van der Waals surface area contributed by atoms with Crippen molar-refractivity contribution < 1.29 is 33.4 Å². The van der Waals surface area contributed by atoms with Gasteiger partial charge in [-0.1, -0.05) is 6.07 Å². The molecule has 0 unspecified atom stereocenters. The molecule has 0 fully saturated rings. The number of hydrogen-bond acceptors (Lipinski definition) is 8. The van der Waals surface area contributed by atoms with Gasteiger partial charge >= 0.3 is 18.0 Å². The van der Waals surface area contributed by atoms with Gasteiger partial charge in [-0.3, -0.25) is 10.1 Å². The second kappa shape index (κ2) is 10.8. The van der Waals surface area contributed by atoms with Crippen molar-refractivity contribution in [2.24, 2.45) is 0 Å². The number of fused-ring (bicyclic) bond motifs is 1. The molecular formula is C22H24N2O7S. The fourth-order valence-electron chi connectivity index (χ4n) is 3.30. The number of ether oxygens (including phenoxy) is 3. The second-order valence-electron chi connectivity index (χ2n) is 6.83. The van der Waals surface area contributed by atoms with Gasteiger partial charge in [0.15, 0.2) is 6.61 Å². The molecule has 3 rings (SSSR count). The van der Waals surface area contributed by atoms with Crippen LogP contribution in [0, 0.1) is 0 Å². The van der Waals surface area contributed by atoms with Crippen molar-refractivity contribution >= 4 is 46.0 Å². The number of aryl methyl sites for hydroxylation is 1. The van der Waals surface area contributed by atoms with Crippen molar-refractivity contribution in [3.05, 3.63) is 45.8 Å². The molecule has 1 aromatic heterocycles. The maximum absolute atomic E-state index is 12.4. The first-order chi connectivity index (χ1) is 15.4. The summed E-state index contributed by atoms with van der Waals surface area (Å²) in [6, 6.07) is 6.07. The van der Waals surface area contributed by atoms with Crippen molar-refractivity contribution in [1.82, 2.24) is 0 Å². The van der Waals surface area contributed by atoms with E-state index in [-0.39, 0.29) is 18.8 Å². The Bertz CT molecular complexity index is 1030. The zero-order valence-electron chi connectivity index (χ0n) is 17.8. The maximum Gasteiger partial charge on any atom is 0.411 e. The Morgan fingerprint density at radius 2 is 1.75 bits per heavy atom. The molecule has 1 aromatic carbocycles. The van der Waals surface area contributed by atoms with Crippen LogP contribution in [-0.4, -0.2) is 43.8 Å². The topological polar surface area (TPSA) is 120 Å². The van der Waals surface area contributed by atoms with Crippen LogP contribution < -0.4 is 10.6 Å². The van der Waals surface area contributed by atoms with Gasteiger partial charge in [0.2, 0.25) is 0 Å². The molecule has 1 aliphatic carbocycles. The zero-order valence-corrected chi connectivity index (χ0v) is 18.6. The molecule has 0 radical (unpaired) electrons. The SMILES string of the molecule is CCOC(=O)Nc1cccc(C(=O)OCC(=O)Nc2sc3c(c2C(=O)OCC)CCC3)c1. The van der Waals surface area contributed by atoms with Gasteiger partial charge in [0, 0.05) is 10.6 Å². The number of hydrogen-bond donors (Lipinski definition) is 2. The van der Waals surface area contributed by atoms with E-state index >= 15 is 0 Å². The Kier molecular flexibility index (Phi) is 7.82. The van der Waals surface area contributed by atoms with Crippen LogP contribution in [0.3, 0.4) is 0 Å². The minimum Gasteiger partial charge on any atom is -0.462 e. The minimum atomic E-state index is -0.730. The lowest BCUT2D eigenvalue weighted by Crippen LogP contribution is -2.22. The Morgan fingerprint density at radius 1 is 0.969 bits per heavy atom. The second-order valence-corrected chi connectivity index (χ2v) is 7.94. The molecule has 2 N–H and O–H groups in total. The number of amides is 2. The van der Waals surface area contributed by atoms with Crippen LogP contribution in [0.4, 0.5) is 15.5 Å². The first-order valence-electron chi connectivity index (χ1n) is 10.2. The molecule has 0 atom stereocenters. The minimum absolute atomic E-state index is 0.161. The highest BCUT2D eigenvalue weighted by Gasteiger charge is 2.28. The molecule has 0 spiro atoms. The van der Waals surface area contributed by atoms with Gasteiger partial charge in [0.1, 0.15) is 5.00 Å². The van der Waals surface area contributed by atoms with Gasteiger partial charge < -0.3 is 19.5 Å². The summed E-state index contributed by atoms with van der Waals surface area (Å²) in [6.07, 6.45) is 1.94. The van der Waals surface area contributed by atoms with Gasteiger partial charge in [-0.05, 0) is 56.9 Å². The number of carbonyl (C=O) groups is 4. The Balaban J connectivity index is 1.60. The molecule has 9 nitrogen and oxygen atoms in total. The van der Waals surface area contributed by atoms with E-state index in [1.54, 1.807) is 26.0 Å². The molecule has 170 valence electrons. The van der Waals surface area contributed by atoms with Crippen LogP contribution in [0.2, 0.25) is 0 Å². The molecule has 0 aliphatic heterocycles. The third kappa shape index (κ3) is 5.64. The molecule has 32 heavy (non-hydrogen) atoms. The predicted octanol–water partition coefficient (Wildman–Crippen LogP) is 3.78. The zero-order chi connectivity index (χ0) is 23.1. The summed E-state index contributed by atoms with van der Waals surface area (Å²) in [5.41, 5.74) is 1.83. The number of benzene rings is 1. The van der Waals surface area contributed by atoms with Gasteiger partial charge in [0.05, 0.1) is 24.3 Å². The summed E-state index contributed by atoms with van der Waals surface area (Å²) in [6.45, 7) is 3.32.